The van der Waals surface area contributed by atoms with E-state index in [0.717, 1.165) is 0 Å². The minimum Gasteiger partial charge on any atom is -0.260 e. The van der Waals surface area contributed by atoms with Crippen molar-refractivity contribution in [3.63, 3.8) is 0 Å². The van der Waals surface area contributed by atoms with E-state index in [1.165, 1.54) is 24.1 Å². The molecular formula is C7H5N. The third-order valence-electron chi connectivity index (χ3n) is 1.94. The lowest BCUT2D eigenvalue weighted by Crippen LogP contribution is -1.60. The van der Waals surface area contributed by atoms with E-state index < -0.39 is 0 Å². The van der Waals surface area contributed by atoms with Gasteiger partial charge in [0.25, 0.3) is 0 Å². The van der Waals surface area contributed by atoms with Crippen LogP contribution in [0.1, 0.15) is 22.4 Å². The summed E-state index contributed by atoms with van der Waals surface area (Å²) in [6.45, 7) is 0. The van der Waals surface area contributed by atoms with Crippen LogP contribution < -0.4 is 0 Å². The van der Waals surface area contributed by atoms with Crippen molar-refractivity contribution < 1.29 is 0 Å². The van der Waals surface area contributed by atoms with Gasteiger partial charge in [-0.1, -0.05) is 0 Å². The van der Waals surface area contributed by atoms with Crippen LogP contribution in [-0.4, -0.2) is 4.98 Å². The number of hydrogen-bond donors (Lipinski definition) is 0. The fraction of sp³-hybridized carbons (Fsp3) is 0.286. The molecule has 0 fully saturated rings. The molecule has 2 aliphatic rings. The number of aromatic nitrogens is 1. The maximum absolute atomic E-state index is 4.22. The van der Waals surface area contributed by atoms with Crippen LogP contribution >= 0.6 is 0 Å². The zero-order chi connectivity index (χ0) is 5.14. The molecule has 8 heavy (non-hydrogen) atoms. The molecule has 0 aliphatic heterocycles. The normalized spacial score (nSPS) is 17.0. The summed E-state index contributed by atoms with van der Waals surface area (Å²) in [5.74, 6) is 0. The molecule has 38 valence electrons. The molecule has 0 saturated heterocycles. The largest absolute Gasteiger partial charge is 0.260 e. The van der Waals surface area contributed by atoms with Crippen molar-refractivity contribution in [2.24, 2.45) is 0 Å². The van der Waals surface area contributed by atoms with Gasteiger partial charge in [0.15, 0.2) is 0 Å². The van der Waals surface area contributed by atoms with Crippen LogP contribution in [0.5, 0.6) is 0 Å². The summed E-state index contributed by atoms with van der Waals surface area (Å²) < 4.78 is 0. The van der Waals surface area contributed by atoms with Gasteiger partial charge >= 0.3 is 0 Å². The highest BCUT2D eigenvalue weighted by atomic mass is 14.7. The van der Waals surface area contributed by atoms with Crippen molar-refractivity contribution in [1.29, 1.82) is 0 Å². The number of hydrogen-bond acceptors (Lipinski definition) is 1. The highest BCUT2D eigenvalue weighted by Gasteiger charge is 2.31. The molecule has 0 bridgehead atoms. The molecule has 1 heterocycles. The molecule has 0 unspecified atom stereocenters. The van der Waals surface area contributed by atoms with Crippen molar-refractivity contribution >= 4 is 0 Å². The molecule has 0 N–H and O–H groups in total. The third kappa shape index (κ3) is 0.218. The Hall–Kier alpha value is -0.850. The predicted molar refractivity (Wildman–Crippen MR) is 29.8 cm³/mol. The zero-order valence-corrected chi connectivity index (χ0v) is 4.44. The Morgan fingerprint density at radius 1 is 1.25 bits per heavy atom. The van der Waals surface area contributed by atoms with Gasteiger partial charge in [-0.25, -0.2) is 0 Å². The average Bonchev–Trinajstić information content (AvgIpc) is 2.59. The van der Waals surface area contributed by atoms with Gasteiger partial charge in [-0.15, -0.1) is 0 Å². The van der Waals surface area contributed by atoms with Crippen LogP contribution in [0.4, 0.5) is 0 Å². The minimum atomic E-state index is 1.19. The highest BCUT2D eigenvalue weighted by Crippen LogP contribution is 2.40. The molecule has 0 amide bonds. The Balaban J connectivity index is 2.55. The van der Waals surface area contributed by atoms with Crippen molar-refractivity contribution in [3.05, 3.63) is 28.6 Å². The standard InChI is InChI=1S/C7H5N/c1-4-3-8-7-2-6(7)5(1)4/h3H,1-2H2. The van der Waals surface area contributed by atoms with E-state index in [9.17, 15) is 0 Å². The van der Waals surface area contributed by atoms with Gasteiger partial charge in [-0.2, -0.15) is 0 Å². The van der Waals surface area contributed by atoms with Gasteiger partial charge in [0.2, 0.25) is 0 Å². The van der Waals surface area contributed by atoms with E-state index in [1.54, 1.807) is 11.1 Å². The van der Waals surface area contributed by atoms with Gasteiger partial charge in [-0.05, 0) is 23.1 Å². The molecule has 0 saturated carbocycles. The van der Waals surface area contributed by atoms with E-state index in [0.29, 0.717) is 0 Å². The molecule has 1 heteroatoms. The molecule has 0 spiro atoms. The first-order valence-electron chi connectivity index (χ1n) is 2.93. The van der Waals surface area contributed by atoms with Crippen molar-refractivity contribution in [3.8, 4) is 0 Å². The Morgan fingerprint density at radius 3 is 3.12 bits per heavy atom. The van der Waals surface area contributed by atoms with E-state index in [1.807, 2.05) is 6.20 Å². The Morgan fingerprint density at radius 2 is 2.25 bits per heavy atom. The Bertz CT molecular complexity index is 247. The van der Waals surface area contributed by atoms with Crippen molar-refractivity contribution in [2.45, 2.75) is 12.8 Å². The van der Waals surface area contributed by atoms with Crippen molar-refractivity contribution in [1.82, 2.24) is 4.98 Å². The summed E-state index contributed by atoms with van der Waals surface area (Å²) in [6, 6.07) is 0. The molecule has 0 radical (unpaired) electrons. The van der Waals surface area contributed by atoms with E-state index in [4.69, 9.17) is 0 Å². The lowest BCUT2D eigenvalue weighted by atomic mass is 10.5. The number of nitrogens with zero attached hydrogens (tertiary/aromatic N) is 1. The van der Waals surface area contributed by atoms with Crippen LogP contribution in [0.25, 0.3) is 0 Å². The van der Waals surface area contributed by atoms with Gasteiger partial charge in [-0.3, -0.25) is 4.98 Å². The summed E-state index contributed by atoms with van der Waals surface area (Å²) in [4.78, 5) is 4.22. The molecule has 2 aliphatic carbocycles. The quantitative estimate of drug-likeness (QED) is 0.411. The SMILES string of the molecule is c1nc2c(c3c1C3)C2. The molecule has 1 aromatic rings. The third-order valence-corrected chi connectivity index (χ3v) is 1.94. The van der Waals surface area contributed by atoms with Crippen LogP contribution in [0.2, 0.25) is 0 Å². The second-order valence-corrected chi connectivity index (χ2v) is 2.54. The van der Waals surface area contributed by atoms with Gasteiger partial charge in [0.05, 0.1) is 0 Å². The molecule has 0 atom stereocenters. The van der Waals surface area contributed by atoms with Crippen LogP contribution in [-0.2, 0) is 12.8 Å². The Kier molecular flexibility index (Phi) is 0.287. The summed E-state index contributed by atoms with van der Waals surface area (Å²) in [6.07, 6.45) is 4.44. The first-order chi connectivity index (χ1) is 3.95. The second kappa shape index (κ2) is 0.711. The smallest absolute Gasteiger partial charge is 0.0487 e. The molecule has 0 aromatic carbocycles. The maximum atomic E-state index is 4.22. The average molecular weight is 103 g/mol. The summed E-state index contributed by atoms with van der Waals surface area (Å²) in [7, 11) is 0. The summed E-state index contributed by atoms with van der Waals surface area (Å²) in [5, 5.41) is 0. The fourth-order valence-corrected chi connectivity index (χ4v) is 1.25. The molecule has 1 aromatic heterocycles. The predicted octanol–water partition coefficient (Wildman–Crippen LogP) is 0.890. The first kappa shape index (κ1) is 3.23. The van der Waals surface area contributed by atoms with Crippen LogP contribution in [0.15, 0.2) is 6.20 Å². The fourth-order valence-electron chi connectivity index (χ4n) is 1.25. The van der Waals surface area contributed by atoms with E-state index in [2.05, 4.69) is 4.98 Å². The monoisotopic (exact) mass is 103 g/mol. The topological polar surface area (TPSA) is 12.9 Å². The number of fused-ring (bicyclic) bond motifs is 3. The Labute approximate surface area is 47.4 Å². The van der Waals surface area contributed by atoms with Crippen molar-refractivity contribution in [2.75, 3.05) is 0 Å². The number of pyridine rings is 1. The summed E-state index contributed by atoms with van der Waals surface area (Å²) in [5.41, 5.74) is 6.00. The van der Waals surface area contributed by atoms with Crippen LogP contribution in [0.3, 0.4) is 0 Å². The lowest BCUT2D eigenvalue weighted by molar-refractivity contribution is 1.29. The molecular weight excluding hydrogens is 98.1 g/mol. The molecule has 3 rings (SSSR count). The summed E-state index contributed by atoms with van der Waals surface area (Å²) >= 11 is 0. The number of rotatable bonds is 0. The van der Waals surface area contributed by atoms with Gasteiger partial charge in [0, 0.05) is 18.3 Å². The van der Waals surface area contributed by atoms with E-state index >= 15 is 0 Å². The lowest BCUT2D eigenvalue weighted by Gasteiger charge is -1.68. The second-order valence-electron chi connectivity index (χ2n) is 2.54. The van der Waals surface area contributed by atoms with E-state index in [-0.39, 0.29) is 0 Å². The minimum absolute atomic E-state index is 1.19. The highest BCUT2D eigenvalue weighted by molar-refractivity contribution is 5.58. The van der Waals surface area contributed by atoms with Crippen LogP contribution in [0, 0.1) is 0 Å². The van der Waals surface area contributed by atoms with Gasteiger partial charge < -0.3 is 0 Å². The first-order valence-corrected chi connectivity index (χ1v) is 2.93. The molecule has 1 nitrogen and oxygen atoms in total. The maximum Gasteiger partial charge on any atom is 0.0487 e. The van der Waals surface area contributed by atoms with Gasteiger partial charge in [0.1, 0.15) is 0 Å². The zero-order valence-electron chi connectivity index (χ0n) is 4.44.